The van der Waals surface area contributed by atoms with Crippen LogP contribution < -0.4 is 5.32 Å². The van der Waals surface area contributed by atoms with E-state index in [0.717, 1.165) is 17.8 Å². The molecule has 0 aliphatic carbocycles. The summed E-state index contributed by atoms with van der Waals surface area (Å²) in [5.74, 6) is 0.948. The van der Waals surface area contributed by atoms with Gasteiger partial charge in [-0.05, 0) is 12.5 Å². The van der Waals surface area contributed by atoms with Gasteiger partial charge in [0, 0.05) is 38.5 Å². The largest absolute Gasteiger partial charge is 0.379 e. The quantitative estimate of drug-likeness (QED) is 0.661. The number of aryl methyl sites for hydroxylation is 2. The molecule has 0 atom stereocenters. The van der Waals surface area contributed by atoms with Crippen LogP contribution in [0, 0.1) is 17.0 Å². The van der Waals surface area contributed by atoms with Crippen LogP contribution in [-0.2, 0) is 13.5 Å². The minimum absolute atomic E-state index is 0.111. The highest BCUT2D eigenvalue weighted by molar-refractivity contribution is 5.65. The number of nitrogens with zero attached hydrogens (tertiary/aromatic N) is 3. The lowest BCUT2D eigenvalue weighted by molar-refractivity contribution is -0.384. The second kappa shape index (κ2) is 5.51. The first kappa shape index (κ1) is 13.1. The summed E-state index contributed by atoms with van der Waals surface area (Å²) in [6.45, 7) is 2.46. The molecule has 0 bridgehead atoms. The highest BCUT2D eigenvalue weighted by Crippen LogP contribution is 2.27. The number of rotatable bonds is 5. The maximum Gasteiger partial charge on any atom is 0.292 e. The molecule has 1 aromatic carbocycles. The highest BCUT2D eigenvalue weighted by atomic mass is 16.6. The van der Waals surface area contributed by atoms with Crippen LogP contribution in [0.25, 0.3) is 0 Å². The first-order valence-corrected chi connectivity index (χ1v) is 6.03. The molecule has 0 saturated heterocycles. The Kier molecular flexibility index (Phi) is 3.79. The standard InChI is InChI=1S/C13H16N4O2/c1-10-4-3-5-11(17(18)19)13(10)15-7-6-12-14-8-9-16(12)2/h3-5,8-9,15H,6-7H2,1-2H3. The van der Waals surface area contributed by atoms with Gasteiger partial charge >= 0.3 is 0 Å². The van der Waals surface area contributed by atoms with Gasteiger partial charge in [0.05, 0.1) is 4.92 Å². The van der Waals surface area contributed by atoms with Crippen LogP contribution in [0.15, 0.2) is 30.6 Å². The number of benzene rings is 1. The Morgan fingerprint density at radius 2 is 2.26 bits per heavy atom. The van der Waals surface area contributed by atoms with Gasteiger partial charge in [-0.3, -0.25) is 10.1 Å². The summed E-state index contributed by atoms with van der Waals surface area (Å²) in [7, 11) is 1.93. The van der Waals surface area contributed by atoms with Crippen molar-refractivity contribution in [3.05, 3.63) is 52.1 Å². The lowest BCUT2D eigenvalue weighted by atomic mass is 10.1. The minimum atomic E-state index is -0.365. The summed E-state index contributed by atoms with van der Waals surface area (Å²) >= 11 is 0. The third-order valence-corrected chi connectivity index (χ3v) is 3.02. The topological polar surface area (TPSA) is 73.0 Å². The summed E-state index contributed by atoms with van der Waals surface area (Å²) in [5, 5.41) is 14.1. The molecule has 0 amide bonds. The van der Waals surface area contributed by atoms with Gasteiger partial charge in [0.1, 0.15) is 11.5 Å². The Bertz CT molecular complexity index is 592. The van der Waals surface area contributed by atoms with Gasteiger partial charge in [-0.25, -0.2) is 4.98 Å². The molecular formula is C13H16N4O2. The molecule has 2 rings (SSSR count). The van der Waals surface area contributed by atoms with E-state index >= 15 is 0 Å². The predicted molar refractivity (Wildman–Crippen MR) is 73.2 cm³/mol. The number of nitrogens with one attached hydrogen (secondary N) is 1. The van der Waals surface area contributed by atoms with E-state index in [1.54, 1.807) is 12.3 Å². The van der Waals surface area contributed by atoms with Crippen molar-refractivity contribution in [2.24, 2.45) is 7.05 Å². The number of hydrogen-bond acceptors (Lipinski definition) is 4. The van der Waals surface area contributed by atoms with Crippen molar-refractivity contribution >= 4 is 11.4 Å². The van der Waals surface area contributed by atoms with E-state index in [0.29, 0.717) is 12.2 Å². The number of nitro benzene ring substituents is 1. The van der Waals surface area contributed by atoms with Gasteiger partial charge < -0.3 is 9.88 Å². The van der Waals surface area contributed by atoms with Crippen molar-refractivity contribution in [1.29, 1.82) is 0 Å². The molecule has 0 unspecified atom stereocenters. The molecule has 1 heterocycles. The fourth-order valence-corrected chi connectivity index (χ4v) is 1.97. The van der Waals surface area contributed by atoms with E-state index in [2.05, 4.69) is 10.3 Å². The zero-order valence-corrected chi connectivity index (χ0v) is 11.0. The Hall–Kier alpha value is -2.37. The van der Waals surface area contributed by atoms with E-state index < -0.39 is 0 Å². The third kappa shape index (κ3) is 2.90. The Balaban J connectivity index is 2.07. The van der Waals surface area contributed by atoms with E-state index in [9.17, 15) is 10.1 Å². The summed E-state index contributed by atoms with van der Waals surface area (Å²) in [6.07, 6.45) is 4.34. The number of nitro groups is 1. The molecule has 0 fully saturated rings. The lowest BCUT2D eigenvalue weighted by Crippen LogP contribution is -2.10. The molecule has 1 N–H and O–H groups in total. The smallest absolute Gasteiger partial charge is 0.292 e. The van der Waals surface area contributed by atoms with Gasteiger partial charge in [-0.15, -0.1) is 0 Å². The number of para-hydroxylation sites is 1. The molecule has 0 saturated carbocycles. The molecule has 1 aromatic heterocycles. The van der Waals surface area contributed by atoms with Gasteiger partial charge in [0.2, 0.25) is 0 Å². The predicted octanol–water partition coefficient (Wildman–Crippen LogP) is 2.29. The van der Waals surface area contributed by atoms with Crippen LogP contribution in [0.5, 0.6) is 0 Å². The summed E-state index contributed by atoms with van der Waals surface area (Å²) in [4.78, 5) is 14.8. The maximum absolute atomic E-state index is 11.0. The average Bonchev–Trinajstić information content (AvgIpc) is 2.77. The normalized spacial score (nSPS) is 10.4. The van der Waals surface area contributed by atoms with Crippen LogP contribution in [0.1, 0.15) is 11.4 Å². The fraction of sp³-hybridized carbons (Fsp3) is 0.308. The van der Waals surface area contributed by atoms with Gasteiger partial charge in [0.15, 0.2) is 0 Å². The third-order valence-electron chi connectivity index (χ3n) is 3.02. The van der Waals surface area contributed by atoms with Crippen molar-refractivity contribution in [2.45, 2.75) is 13.3 Å². The van der Waals surface area contributed by atoms with Crippen molar-refractivity contribution in [2.75, 3.05) is 11.9 Å². The molecule has 0 aliphatic rings. The second-order valence-corrected chi connectivity index (χ2v) is 4.36. The zero-order chi connectivity index (χ0) is 13.8. The molecule has 0 spiro atoms. The Morgan fingerprint density at radius 3 is 2.89 bits per heavy atom. The molecule has 100 valence electrons. The average molecular weight is 260 g/mol. The summed E-state index contributed by atoms with van der Waals surface area (Å²) < 4.78 is 1.94. The van der Waals surface area contributed by atoms with Crippen LogP contribution in [0.2, 0.25) is 0 Å². The van der Waals surface area contributed by atoms with Crippen molar-refractivity contribution in [3.8, 4) is 0 Å². The van der Waals surface area contributed by atoms with Crippen molar-refractivity contribution < 1.29 is 4.92 Å². The SMILES string of the molecule is Cc1cccc([N+](=O)[O-])c1NCCc1nccn1C. The molecule has 6 nitrogen and oxygen atoms in total. The van der Waals surface area contributed by atoms with Crippen molar-refractivity contribution in [3.63, 3.8) is 0 Å². The molecule has 0 radical (unpaired) electrons. The second-order valence-electron chi connectivity index (χ2n) is 4.36. The summed E-state index contributed by atoms with van der Waals surface area (Å²) in [5.41, 5.74) is 1.57. The number of anilines is 1. The van der Waals surface area contributed by atoms with Crippen LogP contribution in [0.3, 0.4) is 0 Å². The maximum atomic E-state index is 11.0. The Labute approximate surface area is 111 Å². The van der Waals surface area contributed by atoms with Crippen LogP contribution >= 0.6 is 0 Å². The van der Waals surface area contributed by atoms with E-state index in [1.165, 1.54) is 6.07 Å². The number of aromatic nitrogens is 2. The monoisotopic (exact) mass is 260 g/mol. The van der Waals surface area contributed by atoms with Crippen LogP contribution in [-0.4, -0.2) is 21.0 Å². The molecule has 6 heteroatoms. The van der Waals surface area contributed by atoms with Gasteiger partial charge in [-0.2, -0.15) is 0 Å². The first-order valence-electron chi connectivity index (χ1n) is 6.03. The molecule has 0 aliphatic heterocycles. The molecular weight excluding hydrogens is 244 g/mol. The Morgan fingerprint density at radius 1 is 1.47 bits per heavy atom. The highest BCUT2D eigenvalue weighted by Gasteiger charge is 2.14. The van der Waals surface area contributed by atoms with Crippen molar-refractivity contribution in [1.82, 2.24) is 9.55 Å². The number of imidazole rings is 1. The van der Waals surface area contributed by atoms with E-state index in [1.807, 2.05) is 30.8 Å². The summed E-state index contributed by atoms with van der Waals surface area (Å²) in [6, 6.07) is 5.06. The number of hydrogen-bond donors (Lipinski definition) is 1. The fourth-order valence-electron chi connectivity index (χ4n) is 1.97. The van der Waals surface area contributed by atoms with E-state index in [4.69, 9.17) is 0 Å². The molecule has 19 heavy (non-hydrogen) atoms. The minimum Gasteiger partial charge on any atom is -0.379 e. The van der Waals surface area contributed by atoms with Crippen LogP contribution in [0.4, 0.5) is 11.4 Å². The van der Waals surface area contributed by atoms with Gasteiger partial charge in [0.25, 0.3) is 5.69 Å². The lowest BCUT2D eigenvalue weighted by Gasteiger charge is -2.09. The van der Waals surface area contributed by atoms with Gasteiger partial charge in [-0.1, -0.05) is 12.1 Å². The molecule has 2 aromatic rings. The zero-order valence-electron chi connectivity index (χ0n) is 11.0. The first-order chi connectivity index (χ1) is 9.09. The van der Waals surface area contributed by atoms with E-state index in [-0.39, 0.29) is 10.6 Å².